The molecule has 1 aliphatic carbocycles. The van der Waals surface area contributed by atoms with Crippen LogP contribution in [0.4, 0.5) is 17.1 Å². The Morgan fingerprint density at radius 3 is 1.26 bits per heavy atom. The highest BCUT2D eigenvalue weighted by molar-refractivity contribution is 6.25. The van der Waals surface area contributed by atoms with Gasteiger partial charge in [0, 0.05) is 33.5 Å². The molecule has 0 spiro atoms. The van der Waals surface area contributed by atoms with Gasteiger partial charge in [-0.2, -0.15) is 0 Å². The molecule has 0 fully saturated rings. The molecule has 0 radical (unpaired) electrons. The lowest BCUT2D eigenvalue weighted by Gasteiger charge is -2.35. The molecular formula is C79H52N2. The van der Waals surface area contributed by atoms with Crippen LogP contribution >= 0.6 is 0 Å². The summed E-state index contributed by atoms with van der Waals surface area (Å²) < 4.78 is 2.42. The molecule has 0 atom stereocenters. The smallest absolute Gasteiger partial charge is 0.0714 e. The maximum Gasteiger partial charge on any atom is 0.0714 e. The maximum atomic E-state index is 2.46. The molecule has 15 aromatic rings. The molecule has 1 aromatic heterocycles. The summed E-state index contributed by atoms with van der Waals surface area (Å²) in [6.07, 6.45) is 0. The minimum Gasteiger partial charge on any atom is -0.310 e. The first-order valence-electron chi connectivity index (χ1n) is 28.1. The van der Waals surface area contributed by atoms with Crippen LogP contribution in [0.2, 0.25) is 0 Å². The van der Waals surface area contributed by atoms with E-state index in [1.165, 1.54) is 115 Å². The van der Waals surface area contributed by atoms with Gasteiger partial charge in [0.05, 0.1) is 16.4 Å². The fraction of sp³-hybridized carbons (Fsp3) is 0.0127. The molecule has 2 nitrogen and oxygen atoms in total. The van der Waals surface area contributed by atoms with E-state index < -0.39 is 5.41 Å². The zero-order valence-electron chi connectivity index (χ0n) is 44.4. The maximum absolute atomic E-state index is 2.46. The van der Waals surface area contributed by atoms with Crippen LogP contribution in [-0.2, 0) is 5.41 Å². The van der Waals surface area contributed by atoms with E-state index >= 15 is 0 Å². The van der Waals surface area contributed by atoms with Crippen molar-refractivity contribution in [3.63, 3.8) is 0 Å². The Labute approximate surface area is 471 Å². The molecule has 1 aliphatic rings. The van der Waals surface area contributed by atoms with Crippen molar-refractivity contribution < 1.29 is 0 Å². The summed E-state index contributed by atoms with van der Waals surface area (Å²) in [5.41, 5.74) is 21.0. The molecule has 81 heavy (non-hydrogen) atoms. The highest BCUT2D eigenvalue weighted by atomic mass is 15.1. The number of benzene rings is 14. The van der Waals surface area contributed by atoms with Crippen molar-refractivity contribution in [2.45, 2.75) is 5.41 Å². The zero-order valence-corrected chi connectivity index (χ0v) is 44.4. The summed E-state index contributed by atoms with van der Waals surface area (Å²) in [5, 5.41) is 10.2. The Morgan fingerprint density at radius 2 is 0.642 bits per heavy atom. The summed E-state index contributed by atoms with van der Waals surface area (Å²) in [6.45, 7) is 0. The van der Waals surface area contributed by atoms with Crippen LogP contribution in [0.5, 0.6) is 0 Å². The number of hydrogen-bond donors (Lipinski definition) is 0. The van der Waals surface area contributed by atoms with Gasteiger partial charge in [0.15, 0.2) is 0 Å². The number of nitrogens with zero attached hydrogens (tertiary/aromatic N) is 2. The Kier molecular flexibility index (Phi) is 10.8. The van der Waals surface area contributed by atoms with Crippen molar-refractivity contribution in [3.05, 3.63) is 338 Å². The van der Waals surface area contributed by atoms with Crippen LogP contribution in [0, 0.1) is 0 Å². The second kappa shape index (κ2) is 18.8. The molecule has 0 saturated heterocycles. The monoisotopic (exact) mass is 1030 g/mol. The van der Waals surface area contributed by atoms with E-state index in [0.29, 0.717) is 0 Å². The van der Waals surface area contributed by atoms with Gasteiger partial charge in [0.2, 0.25) is 0 Å². The topological polar surface area (TPSA) is 8.17 Å². The lowest BCUT2D eigenvalue weighted by molar-refractivity contribution is 0.768. The van der Waals surface area contributed by atoms with Crippen molar-refractivity contribution in [2.24, 2.45) is 0 Å². The molecule has 0 amide bonds. The largest absolute Gasteiger partial charge is 0.310 e. The van der Waals surface area contributed by atoms with Gasteiger partial charge in [0.1, 0.15) is 0 Å². The van der Waals surface area contributed by atoms with Gasteiger partial charge in [-0.05, 0) is 172 Å². The van der Waals surface area contributed by atoms with E-state index in [1.807, 2.05) is 0 Å². The van der Waals surface area contributed by atoms with Crippen molar-refractivity contribution in [3.8, 4) is 50.2 Å². The summed E-state index contributed by atoms with van der Waals surface area (Å²) in [7, 11) is 0. The summed E-state index contributed by atoms with van der Waals surface area (Å²) >= 11 is 0. The third kappa shape index (κ3) is 7.42. The van der Waals surface area contributed by atoms with Gasteiger partial charge < -0.3 is 9.47 Å². The van der Waals surface area contributed by atoms with E-state index in [1.54, 1.807) is 0 Å². The first-order chi connectivity index (χ1) is 40.2. The quantitative estimate of drug-likeness (QED) is 0.131. The van der Waals surface area contributed by atoms with E-state index in [-0.39, 0.29) is 0 Å². The lowest BCUT2D eigenvalue weighted by Crippen LogP contribution is -2.28. The van der Waals surface area contributed by atoms with Crippen molar-refractivity contribution in [2.75, 3.05) is 4.90 Å². The average Bonchev–Trinajstić information content (AvgIpc) is 4.20. The van der Waals surface area contributed by atoms with Crippen molar-refractivity contribution in [1.29, 1.82) is 0 Å². The molecule has 0 bridgehead atoms. The predicted molar refractivity (Wildman–Crippen MR) is 342 cm³/mol. The number of para-hydroxylation sites is 1. The summed E-state index contributed by atoms with van der Waals surface area (Å²) in [6, 6.07) is 117. The number of anilines is 3. The fourth-order valence-corrected chi connectivity index (χ4v) is 13.6. The average molecular weight is 1030 g/mol. The molecule has 0 aliphatic heterocycles. The van der Waals surface area contributed by atoms with Crippen LogP contribution in [-0.4, -0.2) is 4.57 Å². The SMILES string of the molecule is c1ccc(-c2ccc(N(c3ccc(-c4ccc5c(c4)c4ccccc4n5-c4ccc(-c5ccc6c7ccccc7c7ccccc7c6c5)cc4)cc3)c3ccc4c(c3)C(c3ccccc3)(c3ccccc3)c3ccccc3-4)cc2)cc1. The third-order valence-corrected chi connectivity index (χ3v) is 17.3. The Hall–Kier alpha value is -10.5. The molecule has 1 heterocycles. The van der Waals surface area contributed by atoms with Crippen LogP contribution < -0.4 is 4.90 Å². The van der Waals surface area contributed by atoms with Crippen molar-refractivity contribution in [1.82, 2.24) is 4.57 Å². The fourth-order valence-electron chi connectivity index (χ4n) is 13.6. The van der Waals surface area contributed by atoms with Gasteiger partial charge in [-0.15, -0.1) is 0 Å². The number of fused-ring (bicyclic) bond motifs is 12. The second-order valence-electron chi connectivity index (χ2n) is 21.5. The van der Waals surface area contributed by atoms with E-state index in [9.17, 15) is 0 Å². The standard InChI is InChI=1S/C79H52N2/c1-4-18-53(19-5-1)54-32-40-61(41-33-54)80(64-46-48-71-70-28-14-16-30-75(70)79(76(71)52-64,59-20-6-2-7-21-59)60-22-8-3-9-23-60)62-42-34-56(35-43-62)58-39-49-78-74(51-58)72-29-15-17-31-77(72)81(78)63-44-36-55(37-45-63)57-38-47-69-67-26-11-10-24-65(67)66-25-12-13-27-68(66)73(69)50-57/h1-52H. The minimum absolute atomic E-state index is 0.521. The van der Waals surface area contributed by atoms with Crippen LogP contribution in [0.25, 0.3) is 104 Å². The van der Waals surface area contributed by atoms with Crippen LogP contribution in [0.1, 0.15) is 22.3 Å². The molecule has 0 N–H and O–H groups in total. The zero-order chi connectivity index (χ0) is 53.4. The molecule has 2 heteroatoms. The normalized spacial score (nSPS) is 12.5. The van der Waals surface area contributed by atoms with Gasteiger partial charge in [-0.1, -0.05) is 243 Å². The first kappa shape index (κ1) is 46.5. The Balaban J connectivity index is 0.780. The Morgan fingerprint density at radius 1 is 0.235 bits per heavy atom. The molecule has 14 aromatic carbocycles. The van der Waals surface area contributed by atoms with E-state index in [2.05, 4.69) is 325 Å². The third-order valence-electron chi connectivity index (χ3n) is 17.3. The van der Waals surface area contributed by atoms with Gasteiger partial charge in [-0.3, -0.25) is 0 Å². The lowest BCUT2D eigenvalue weighted by atomic mass is 9.67. The number of rotatable bonds is 9. The van der Waals surface area contributed by atoms with Crippen LogP contribution in [0.3, 0.4) is 0 Å². The second-order valence-corrected chi connectivity index (χ2v) is 21.5. The van der Waals surface area contributed by atoms with Crippen LogP contribution in [0.15, 0.2) is 315 Å². The van der Waals surface area contributed by atoms with Gasteiger partial charge in [-0.25, -0.2) is 0 Å². The minimum atomic E-state index is -0.521. The number of aromatic nitrogens is 1. The Bertz CT molecular complexity index is 4810. The first-order valence-corrected chi connectivity index (χ1v) is 28.1. The summed E-state index contributed by atoms with van der Waals surface area (Å²) in [5.74, 6) is 0. The number of hydrogen-bond acceptors (Lipinski definition) is 1. The highest BCUT2D eigenvalue weighted by Gasteiger charge is 2.46. The molecular weight excluding hydrogens is 977 g/mol. The van der Waals surface area contributed by atoms with Crippen molar-refractivity contribution >= 4 is 71.2 Å². The van der Waals surface area contributed by atoms with Gasteiger partial charge in [0.25, 0.3) is 0 Å². The molecule has 0 unspecified atom stereocenters. The molecule has 378 valence electrons. The summed E-state index contributed by atoms with van der Waals surface area (Å²) in [4.78, 5) is 2.42. The predicted octanol–water partition coefficient (Wildman–Crippen LogP) is 21.1. The molecule has 16 rings (SSSR count). The van der Waals surface area contributed by atoms with E-state index in [4.69, 9.17) is 0 Å². The molecule has 0 saturated carbocycles. The highest BCUT2D eigenvalue weighted by Crippen LogP contribution is 2.57. The van der Waals surface area contributed by atoms with E-state index in [0.717, 1.165) is 28.3 Å². The van der Waals surface area contributed by atoms with Gasteiger partial charge >= 0.3 is 0 Å².